The highest BCUT2D eigenvalue weighted by atomic mass is 79.9. The SMILES string of the molecule is Brc1cccc2c(-c3noc(-c4ccccc4COC4CCOCC4)n3)nccc12. The van der Waals surface area contributed by atoms with Crippen LogP contribution in [0.25, 0.3) is 33.7 Å². The van der Waals surface area contributed by atoms with E-state index in [0.29, 0.717) is 24.0 Å². The van der Waals surface area contributed by atoms with E-state index in [0.717, 1.165) is 52.4 Å². The first-order chi connectivity index (χ1) is 14.8. The molecular weight excluding hydrogens is 446 g/mol. The molecule has 5 rings (SSSR count). The maximum atomic E-state index is 6.11. The van der Waals surface area contributed by atoms with Crippen LogP contribution in [-0.4, -0.2) is 34.4 Å². The molecule has 0 radical (unpaired) electrons. The Hall–Kier alpha value is -2.61. The Kier molecular flexibility index (Phi) is 5.57. The number of pyridine rings is 1. The molecule has 1 saturated heterocycles. The predicted molar refractivity (Wildman–Crippen MR) is 117 cm³/mol. The average molecular weight is 466 g/mol. The van der Waals surface area contributed by atoms with Gasteiger partial charge in [0.15, 0.2) is 0 Å². The van der Waals surface area contributed by atoms with Gasteiger partial charge in [-0.2, -0.15) is 4.98 Å². The van der Waals surface area contributed by atoms with Crippen molar-refractivity contribution in [1.29, 1.82) is 0 Å². The second-order valence-electron chi connectivity index (χ2n) is 7.20. The van der Waals surface area contributed by atoms with E-state index in [1.807, 2.05) is 48.5 Å². The minimum atomic E-state index is 0.225. The number of rotatable bonds is 5. The summed E-state index contributed by atoms with van der Waals surface area (Å²) < 4.78 is 18.1. The molecule has 152 valence electrons. The van der Waals surface area contributed by atoms with Crippen molar-refractivity contribution < 1.29 is 14.0 Å². The first kappa shape index (κ1) is 19.4. The largest absolute Gasteiger partial charge is 0.381 e. The van der Waals surface area contributed by atoms with E-state index in [-0.39, 0.29) is 6.10 Å². The van der Waals surface area contributed by atoms with E-state index in [9.17, 15) is 0 Å². The molecule has 3 heterocycles. The van der Waals surface area contributed by atoms with Gasteiger partial charge in [0.1, 0.15) is 5.69 Å². The monoisotopic (exact) mass is 465 g/mol. The fraction of sp³-hybridized carbons (Fsp3) is 0.261. The number of nitrogens with zero attached hydrogens (tertiary/aromatic N) is 3. The van der Waals surface area contributed by atoms with Crippen molar-refractivity contribution in [3.05, 3.63) is 64.8 Å². The zero-order valence-electron chi connectivity index (χ0n) is 16.3. The zero-order chi connectivity index (χ0) is 20.3. The van der Waals surface area contributed by atoms with Gasteiger partial charge in [0.25, 0.3) is 5.89 Å². The first-order valence-corrected chi connectivity index (χ1v) is 10.7. The standard InChI is InChI=1S/C23H20BrN3O3/c24-20-7-3-6-19-18(20)8-11-25-21(19)22-26-23(30-27-22)17-5-2-1-4-15(17)14-29-16-9-12-28-13-10-16/h1-8,11,16H,9-10,12-14H2. The van der Waals surface area contributed by atoms with E-state index < -0.39 is 0 Å². The quantitative estimate of drug-likeness (QED) is 0.392. The summed E-state index contributed by atoms with van der Waals surface area (Å²) in [5.74, 6) is 0.929. The Balaban J connectivity index is 1.45. The number of ether oxygens (including phenoxy) is 2. The zero-order valence-corrected chi connectivity index (χ0v) is 17.8. The average Bonchev–Trinajstić information content (AvgIpc) is 3.28. The van der Waals surface area contributed by atoms with Gasteiger partial charge in [0.05, 0.1) is 12.7 Å². The van der Waals surface area contributed by atoms with Crippen LogP contribution in [0.4, 0.5) is 0 Å². The molecule has 1 fully saturated rings. The summed E-state index contributed by atoms with van der Waals surface area (Å²) in [5, 5.41) is 6.24. The van der Waals surface area contributed by atoms with Gasteiger partial charge in [0, 0.05) is 34.8 Å². The summed E-state index contributed by atoms with van der Waals surface area (Å²) in [5.41, 5.74) is 2.59. The molecule has 2 aromatic carbocycles. The Morgan fingerprint density at radius 3 is 2.77 bits per heavy atom. The molecule has 0 unspecified atom stereocenters. The Bertz CT molecular complexity index is 1170. The van der Waals surface area contributed by atoms with Crippen LogP contribution < -0.4 is 0 Å². The Morgan fingerprint density at radius 2 is 1.87 bits per heavy atom. The fourth-order valence-corrected chi connectivity index (χ4v) is 4.18. The molecule has 0 N–H and O–H groups in total. The van der Waals surface area contributed by atoms with Crippen LogP contribution in [-0.2, 0) is 16.1 Å². The van der Waals surface area contributed by atoms with Gasteiger partial charge >= 0.3 is 0 Å². The van der Waals surface area contributed by atoms with Crippen LogP contribution in [0, 0.1) is 0 Å². The van der Waals surface area contributed by atoms with Crippen LogP contribution in [0.1, 0.15) is 18.4 Å². The van der Waals surface area contributed by atoms with E-state index >= 15 is 0 Å². The van der Waals surface area contributed by atoms with Gasteiger partial charge in [-0.15, -0.1) is 0 Å². The molecular formula is C23H20BrN3O3. The lowest BCUT2D eigenvalue weighted by Gasteiger charge is -2.22. The summed E-state index contributed by atoms with van der Waals surface area (Å²) in [6.45, 7) is 2.01. The molecule has 1 aliphatic heterocycles. The fourth-order valence-electron chi connectivity index (χ4n) is 3.68. The maximum Gasteiger partial charge on any atom is 0.258 e. The topological polar surface area (TPSA) is 70.3 Å². The van der Waals surface area contributed by atoms with Gasteiger partial charge in [-0.25, -0.2) is 0 Å². The van der Waals surface area contributed by atoms with Crippen molar-refractivity contribution in [1.82, 2.24) is 15.1 Å². The number of hydrogen-bond acceptors (Lipinski definition) is 6. The molecule has 0 saturated carbocycles. The molecule has 0 atom stereocenters. The number of halogens is 1. The van der Waals surface area contributed by atoms with Crippen molar-refractivity contribution in [2.45, 2.75) is 25.6 Å². The number of fused-ring (bicyclic) bond motifs is 1. The number of benzene rings is 2. The van der Waals surface area contributed by atoms with Gasteiger partial charge in [-0.1, -0.05) is 51.4 Å². The summed E-state index contributed by atoms with van der Waals surface area (Å²) in [6, 6.07) is 15.9. The van der Waals surface area contributed by atoms with Crippen molar-refractivity contribution in [2.24, 2.45) is 0 Å². The van der Waals surface area contributed by atoms with Gasteiger partial charge < -0.3 is 14.0 Å². The molecule has 4 aromatic rings. The second-order valence-corrected chi connectivity index (χ2v) is 8.05. The highest BCUT2D eigenvalue weighted by Gasteiger charge is 2.19. The van der Waals surface area contributed by atoms with E-state index in [1.165, 1.54) is 0 Å². The van der Waals surface area contributed by atoms with Crippen molar-refractivity contribution in [2.75, 3.05) is 13.2 Å². The van der Waals surface area contributed by atoms with Gasteiger partial charge in [-0.3, -0.25) is 4.98 Å². The molecule has 0 amide bonds. The summed E-state index contributed by atoms with van der Waals surface area (Å²) in [7, 11) is 0. The minimum Gasteiger partial charge on any atom is -0.381 e. The smallest absolute Gasteiger partial charge is 0.258 e. The third kappa shape index (κ3) is 3.88. The molecule has 1 aliphatic rings. The molecule has 2 aromatic heterocycles. The van der Waals surface area contributed by atoms with Gasteiger partial charge in [0.2, 0.25) is 5.82 Å². The Morgan fingerprint density at radius 1 is 1.00 bits per heavy atom. The van der Waals surface area contributed by atoms with Crippen molar-refractivity contribution in [3.8, 4) is 23.0 Å². The van der Waals surface area contributed by atoms with E-state index in [4.69, 9.17) is 14.0 Å². The van der Waals surface area contributed by atoms with E-state index in [2.05, 4.69) is 31.1 Å². The van der Waals surface area contributed by atoms with E-state index in [1.54, 1.807) is 6.20 Å². The summed E-state index contributed by atoms with van der Waals surface area (Å²) in [6.07, 6.45) is 3.83. The third-order valence-electron chi connectivity index (χ3n) is 5.28. The first-order valence-electron chi connectivity index (χ1n) is 9.94. The normalized spacial score (nSPS) is 15.0. The van der Waals surface area contributed by atoms with Crippen LogP contribution >= 0.6 is 15.9 Å². The van der Waals surface area contributed by atoms with Crippen molar-refractivity contribution in [3.63, 3.8) is 0 Å². The summed E-state index contributed by atoms with van der Waals surface area (Å²) in [4.78, 5) is 9.16. The predicted octanol–water partition coefficient (Wildman–Crippen LogP) is 5.41. The number of hydrogen-bond donors (Lipinski definition) is 0. The maximum absolute atomic E-state index is 6.11. The van der Waals surface area contributed by atoms with Gasteiger partial charge in [-0.05, 0) is 42.0 Å². The molecule has 6 nitrogen and oxygen atoms in total. The van der Waals surface area contributed by atoms with Crippen LogP contribution in [0.3, 0.4) is 0 Å². The van der Waals surface area contributed by atoms with Crippen LogP contribution in [0.15, 0.2) is 63.7 Å². The molecule has 0 bridgehead atoms. The Labute approximate surface area is 182 Å². The lowest BCUT2D eigenvalue weighted by Crippen LogP contribution is -2.23. The van der Waals surface area contributed by atoms with Crippen LogP contribution in [0.5, 0.6) is 0 Å². The lowest BCUT2D eigenvalue weighted by atomic mass is 10.1. The van der Waals surface area contributed by atoms with Crippen LogP contribution in [0.2, 0.25) is 0 Å². The third-order valence-corrected chi connectivity index (χ3v) is 5.97. The highest BCUT2D eigenvalue weighted by molar-refractivity contribution is 9.10. The number of aromatic nitrogens is 3. The second kappa shape index (κ2) is 8.63. The minimum absolute atomic E-state index is 0.225. The lowest BCUT2D eigenvalue weighted by molar-refractivity contribution is -0.0389. The molecule has 0 spiro atoms. The summed E-state index contributed by atoms with van der Waals surface area (Å²) >= 11 is 3.59. The molecule has 7 heteroatoms. The molecule has 0 aliphatic carbocycles. The molecule has 30 heavy (non-hydrogen) atoms. The highest BCUT2D eigenvalue weighted by Crippen LogP contribution is 2.31. The van der Waals surface area contributed by atoms with Crippen molar-refractivity contribution >= 4 is 26.7 Å².